The van der Waals surface area contributed by atoms with Crippen molar-refractivity contribution < 1.29 is 29.3 Å². The van der Waals surface area contributed by atoms with Crippen molar-refractivity contribution in [3.8, 4) is 11.5 Å². The molecule has 0 radical (unpaired) electrons. The van der Waals surface area contributed by atoms with Crippen molar-refractivity contribution in [2.75, 3.05) is 35.0 Å². The highest BCUT2D eigenvalue weighted by atomic mass is 16.7. The molecule has 9 heteroatoms. The van der Waals surface area contributed by atoms with Crippen LogP contribution >= 0.6 is 0 Å². The van der Waals surface area contributed by atoms with Crippen LogP contribution in [0, 0.1) is 0 Å². The first kappa shape index (κ1) is 21.8. The number of aliphatic hydroxyl groups excluding tert-OH is 2. The van der Waals surface area contributed by atoms with Gasteiger partial charge in [0.05, 0.1) is 18.2 Å². The first-order valence-corrected chi connectivity index (χ1v) is 8.76. The average molecular weight is 393 g/mol. The standard InChI is InChI=1S/C16H22N2O4.C3H5NO2/c1-17(2)18(3)11-5-6-12(19)16(20)15(11)10-4-7-13-14(8-10)22-9-21-13;1-4(2-5)3-6/h4-8,11-12,15-16,19-20H,9H2,1-3H3;2-3H,1H3/t11-,12+,15?,16?;/m0./s1. The number of rotatable bonds is 5. The molecule has 154 valence electrons. The molecule has 2 N–H and O–H groups in total. The molecule has 0 saturated heterocycles. The van der Waals surface area contributed by atoms with Gasteiger partial charge in [-0.25, -0.2) is 10.0 Å². The van der Waals surface area contributed by atoms with Crippen LogP contribution in [-0.4, -0.2) is 91.2 Å². The fraction of sp³-hybridized carbons (Fsp3) is 0.474. The maximum atomic E-state index is 10.5. The van der Waals surface area contributed by atoms with Crippen molar-refractivity contribution in [2.45, 2.75) is 24.2 Å². The molecule has 3 rings (SSSR count). The normalized spacial score (nSPS) is 25.3. The number of carbonyl (C=O) groups is 2. The van der Waals surface area contributed by atoms with Crippen molar-refractivity contribution in [3.05, 3.63) is 35.9 Å². The number of amides is 2. The Morgan fingerprint density at radius 3 is 2.21 bits per heavy atom. The summed E-state index contributed by atoms with van der Waals surface area (Å²) in [5.74, 6) is 1.13. The highest BCUT2D eigenvalue weighted by molar-refractivity contribution is 5.67. The molecular formula is C19H27N3O6. The van der Waals surface area contributed by atoms with Gasteiger partial charge in [-0.3, -0.25) is 14.5 Å². The van der Waals surface area contributed by atoms with Gasteiger partial charge in [0, 0.05) is 34.1 Å². The lowest BCUT2D eigenvalue weighted by Gasteiger charge is -2.42. The molecule has 4 atom stereocenters. The number of ether oxygens (including phenoxy) is 2. The Balaban J connectivity index is 0.000000409. The van der Waals surface area contributed by atoms with Crippen molar-refractivity contribution >= 4 is 12.8 Å². The van der Waals surface area contributed by atoms with Crippen LogP contribution in [0.2, 0.25) is 0 Å². The number of benzene rings is 1. The quantitative estimate of drug-likeness (QED) is 0.403. The molecule has 9 nitrogen and oxygen atoms in total. The molecule has 0 bridgehead atoms. The van der Waals surface area contributed by atoms with Crippen LogP contribution in [0.4, 0.5) is 0 Å². The van der Waals surface area contributed by atoms with Crippen LogP contribution in [0.1, 0.15) is 11.5 Å². The molecule has 1 aromatic carbocycles. The second-order valence-corrected chi connectivity index (χ2v) is 6.79. The molecule has 2 aliphatic rings. The van der Waals surface area contributed by atoms with Gasteiger partial charge in [0.25, 0.3) is 0 Å². The van der Waals surface area contributed by atoms with Gasteiger partial charge >= 0.3 is 0 Å². The lowest BCUT2D eigenvalue weighted by Crippen LogP contribution is -2.51. The van der Waals surface area contributed by atoms with Gasteiger partial charge in [0.15, 0.2) is 11.5 Å². The van der Waals surface area contributed by atoms with E-state index in [2.05, 4.69) is 0 Å². The molecular weight excluding hydrogens is 366 g/mol. The molecule has 0 spiro atoms. The number of fused-ring (bicyclic) bond motifs is 1. The van der Waals surface area contributed by atoms with E-state index in [0.717, 1.165) is 10.5 Å². The Labute approximate surface area is 164 Å². The highest BCUT2D eigenvalue weighted by Crippen LogP contribution is 2.39. The van der Waals surface area contributed by atoms with Crippen LogP contribution in [0.25, 0.3) is 0 Å². The predicted molar refractivity (Wildman–Crippen MR) is 102 cm³/mol. The van der Waals surface area contributed by atoms with E-state index in [0.29, 0.717) is 24.3 Å². The summed E-state index contributed by atoms with van der Waals surface area (Å²) in [5, 5.41) is 24.5. The van der Waals surface area contributed by atoms with Gasteiger partial charge in [-0.2, -0.15) is 0 Å². The third-order valence-corrected chi connectivity index (χ3v) is 4.77. The summed E-state index contributed by atoms with van der Waals surface area (Å²) < 4.78 is 10.8. The van der Waals surface area contributed by atoms with E-state index in [-0.39, 0.29) is 18.8 Å². The topological polar surface area (TPSA) is 103 Å². The SMILES string of the molecule is CN(C)N(C)[C@H]1C=C[C@@H](O)C(O)C1c1ccc2c(c1)OCO2.CN(C=O)C=O. The van der Waals surface area contributed by atoms with Crippen molar-refractivity contribution in [1.82, 2.24) is 14.9 Å². The summed E-state index contributed by atoms with van der Waals surface area (Å²) in [4.78, 5) is 19.8. The minimum absolute atomic E-state index is 0.0613. The first-order chi connectivity index (χ1) is 13.3. The van der Waals surface area contributed by atoms with Crippen LogP contribution in [0.15, 0.2) is 30.4 Å². The van der Waals surface area contributed by atoms with E-state index in [1.54, 1.807) is 6.08 Å². The summed E-state index contributed by atoms with van der Waals surface area (Å²) in [6, 6.07) is 5.60. The van der Waals surface area contributed by atoms with E-state index >= 15 is 0 Å². The predicted octanol–water partition coefficient (Wildman–Crippen LogP) is -0.202. The molecule has 2 unspecified atom stereocenters. The molecule has 1 aliphatic heterocycles. The van der Waals surface area contributed by atoms with Gasteiger partial charge in [-0.15, -0.1) is 0 Å². The van der Waals surface area contributed by atoms with E-state index in [1.807, 2.05) is 55.4 Å². The fourth-order valence-electron chi connectivity index (χ4n) is 3.04. The average Bonchev–Trinajstić information content (AvgIpc) is 3.16. The number of likely N-dealkylation sites (N-methyl/N-ethyl adjacent to an activating group) is 1. The second kappa shape index (κ2) is 9.65. The molecule has 28 heavy (non-hydrogen) atoms. The minimum atomic E-state index is -0.877. The smallest absolute Gasteiger partial charge is 0.231 e. The molecule has 0 aromatic heterocycles. The van der Waals surface area contributed by atoms with Crippen LogP contribution in [0.5, 0.6) is 11.5 Å². The zero-order chi connectivity index (χ0) is 20.8. The largest absolute Gasteiger partial charge is 0.454 e. The zero-order valence-corrected chi connectivity index (χ0v) is 16.4. The van der Waals surface area contributed by atoms with Gasteiger partial charge < -0.3 is 19.7 Å². The summed E-state index contributed by atoms with van der Waals surface area (Å²) >= 11 is 0. The first-order valence-electron chi connectivity index (χ1n) is 8.76. The molecule has 1 aromatic rings. The summed E-state index contributed by atoms with van der Waals surface area (Å²) in [7, 11) is 7.23. The lowest BCUT2D eigenvalue weighted by atomic mass is 9.80. The number of aliphatic hydroxyl groups is 2. The molecule has 0 saturated carbocycles. The van der Waals surface area contributed by atoms with Crippen molar-refractivity contribution in [1.29, 1.82) is 0 Å². The monoisotopic (exact) mass is 393 g/mol. The minimum Gasteiger partial charge on any atom is -0.454 e. The Bertz CT molecular complexity index is 703. The van der Waals surface area contributed by atoms with Crippen LogP contribution in [0.3, 0.4) is 0 Å². The number of hydrogen-bond donors (Lipinski definition) is 2. The van der Waals surface area contributed by atoms with Gasteiger partial charge in [-0.1, -0.05) is 18.2 Å². The van der Waals surface area contributed by atoms with E-state index in [9.17, 15) is 19.8 Å². The third kappa shape index (κ3) is 4.87. The second-order valence-electron chi connectivity index (χ2n) is 6.79. The number of imide groups is 1. The number of carbonyl (C=O) groups excluding carboxylic acids is 2. The molecule has 0 fully saturated rings. The fourth-order valence-corrected chi connectivity index (χ4v) is 3.04. The lowest BCUT2D eigenvalue weighted by molar-refractivity contribution is -0.127. The van der Waals surface area contributed by atoms with E-state index in [4.69, 9.17) is 9.47 Å². The Morgan fingerprint density at radius 1 is 1.00 bits per heavy atom. The molecule has 1 aliphatic carbocycles. The van der Waals surface area contributed by atoms with Crippen molar-refractivity contribution in [2.24, 2.45) is 0 Å². The number of hydrogen-bond acceptors (Lipinski definition) is 8. The molecule has 2 amide bonds. The van der Waals surface area contributed by atoms with Crippen molar-refractivity contribution in [3.63, 3.8) is 0 Å². The van der Waals surface area contributed by atoms with E-state index < -0.39 is 12.2 Å². The zero-order valence-electron chi connectivity index (χ0n) is 16.4. The number of nitrogens with zero attached hydrogens (tertiary/aromatic N) is 3. The van der Waals surface area contributed by atoms with E-state index in [1.165, 1.54) is 7.05 Å². The summed E-state index contributed by atoms with van der Waals surface area (Å²) in [5.41, 5.74) is 0.916. The van der Waals surface area contributed by atoms with Crippen LogP contribution < -0.4 is 9.47 Å². The van der Waals surface area contributed by atoms with Gasteiger partial charge in [0.1, 0.15) is 0 Å². The van der Waals surface area contributed by atoms with Crippen LogP contribution in [-0.2, 0) is 9.59 Å². The Hall–Kier alpha value is -2.46. The summed E-state index contributed by atoms with van der Waals surface area (Å²) in [6.45, 7) is 0.218. The van der Waals surface area contributed by atoms with Gasteiger partial charge in [-0.05, 0) is 17.7 Å². The van der Waals surface area contributed by atoms with Gasteiger partial charge in [0.2, 0.25) is 19.6 Å². The highest BCUT2D eigenvalue weighted by Gasteiger charge is 2.38. The third-order valence-electron chi connectivity index (χ3n) is 4.77. The Kier molecular flexibility index (Phi) is 7.53. The number of hydrazine groups is 1. The molecule has 1 heterocycles. The maximum absolute atomic E-state index is 10.5. The Morgan fingerprint density at radius 2 is 1.64 bits per heavy atom. The summed E-state index contributed by atoms with van der Waals surface area (Å²) in [6.07, 6.45) is 2.71. The maximum Gasteiger partial charge on any atom is 0.231 e.